The summed E-state index contributed by atoms with van der Waals surface area (Å²) in [6.45, 7) is 0.323. The average Bonchev–Trinajstić information content (AvgIpc) is 2.37. The zero-order chi connectivity index (χ0) is 13.4. The molecule has 4 nitrogen and oxygen atoms in total. The Bertz CT molecular complexity index is 426. The van der Waals surface area contributed by atoms with Gasteiger partial charge in [-0.05, 0) is 12.5 Å². The molecule has 0 bridgehead atoms. The molecule has 18 heavy (non-hydrogen) atoms. The van der Waals surface area contributed by atoms with Gasteiger partial charge in [-0.15, -0.1) is 11.6 Å². The quantitative estimate of drug-likeness (QED) is 0.481. The molecule has 0 atom stereocenters. The first kappa shape index (κ1) is 14.4. The SMILES string of the molecule is O=C(NCCCCl)C(=O)NCc1ccccc1F. The summed E-state index contributed by atoms with van der Waals surface area (Å²) >= 11 is 5.43. The molecule has 0 fully saturated rings. The van der Waals surface area contributed by atoms with Gasteiger partial charge in [0.05, 0.1) is 0 Å². The van der Waals surface area contributed by atoms with Crippen LogP contribution in [0.4, 0.5) is 4.39 Å². The summed E-state index contributed by atoms with van der Waals surface area (Å²) in [6.07, 6.45) is 0.591. The van der Waals surface area contributed by atoms with Crippen molar-refractivity contribution in [1.29, 1.82) is 0 Å². The lowest BCUT2D eigenvalue weighted by molar-refractivity contribution is -0.139. The van der Waals surface area contributed by atoms with Crippen LogP contribution in [0.3, 0.4) is 0 Å². The molecular formula is C12H14ClFN2O2. The summed E-state index contributed by atoms with van der Waals surface area (Å²) < 4.78 is 13.2. The molecule has 0 spiro atoms. The van der Waals surface area contributed by atoms with E-state index in [-0.39, 0.29) is 6.54 Å². The first-order chi connectivity index (χ1) is 8.65. The number of halogens is 2. The number of nitrogens with one attached hydrogen (secondary N) is 2. The van der Waals surface area contributed by atoms with Crippen molar-refractivity contribution in [3.63, 3.8) is 0 Å². The van der Waals surface area contributed by atoms with Crippen molar-refractivity contribution in [3.8, 4) is 0 Å². The van der Waals surface area contributed by atoms with E-state index in [1.54, 1.807) is 18.2 Å². The van der Waals surface area contributed by atoms with E-state index in [0.29, 0.717) is 24.4 Å². The normalized spacial score (nSPS) is 9.89. The van der Waals surface area contributed by atoms with Crippen LogP contribution in [0.2, 0.25) is 0 Å². The summed E-state index contributed by atoms with van der Waals surface area (Å²) in [4.78, 5) is 22.6. The van der Waals surface area contributed by atoms with Gasteiger partial charge < -0.3 is 10.6 Å². The molecule has 0 radical (unpaired) electrons. The third-order valence-electron chi connectivity index (χ3n) is 2.20. The first-order valence-corrected chi connectivity index (χ1v) is 6.04. The van der Waals surface area contributed by atoms with E-state index in [1.165, 1.54) is 6.07 Å². The molecule has 1 aromatic carbocycles. The van der Waals surface area contributed by atoms with Crippen molar-refractivity contribution in [2.24, 2.45) is 0 Å². The van der Waals surface area contributed by atoms with Crippen LogP contribution in [0, 0.1) is 5.82 Å². The van der Waals surface area contributed by atoms with Gasteiger partial charge in [-0.1, -0.05) is 18.2 Å². The van der Waals surface area contributed by atoms with Crippen LogP contribution in [0.5, 0.6) is 0 Å². The van der Waals surface area contributed by atoms with Gasteiger partial charge in [-0.3, -0.25) is 9.59 Å². The number of rotatable bonds is 5. The fraction of sp³-hybridized carbons (Fsp3) is 0.333. The third-order valence-corrected chi connectivity index (χ3v) is 2.47. The maximum Gasteiger partial charge on any atom is 0.309 e. The molecule has 0 saturated heterocycles. The minimum Gasteiger partial charge on any atom is -0.348 e. The van der Waals surface area contributed by atoms with Gasteiger partial charge in [-0.25, -0.2) is 4.39 Å². The molecule has 98 valence electrons. The molecule has 0 heterocycles. The maximum absolute atomic E-state index is 13.2. The highest BCUT2D eigenvalue weighted by Gasteiger charge is 2.12. The Hall–Kier alpha value is -1.62. The Kier molecular flexibility index (Phi) is 6.14. The summed E-state index contributed by atoms with van der Waals surface area (Å²) in [7, 11) is 0. The molecule has 0 aliphatic rings. The predicted octanol–water partition coefficient (Wildman–Crippen LogP) is 1.19. The van der Waals surface area contributed by atoms with E-state index in [0.717, 1.165) is 0 Å². The Morgan fingerprint density at radius 1 is 1.17 bits per heavy atom. The number of amides is 2. The highest BCUT2D eigenvalue weighted by atomic mass is 35.5. The second kappa shape index (κ2) is 7.66. The van der Waals surface area contributed by atoms with Gasteiger partial charge in [0, 0.05) is 24.5 Å². The van der Waals surface area contributed by atoms with Crippen molar-refractivity contribution in [1.82, 2.24) is 10.6 Å². The molecule has 0 aliphatic carbocycles. The second-order valence-corrected chi connectivity index (χ2v) is 3.95. The fourth-order valence-corrected chi connectivity index (χ4v) is 1.38. The molecule has 0 aliphatic heterocycles. The Labute approximate surface area is 110 Å². The highest BCUT2D eigenvalue weighted by molar-refractivity contribution is 6.35. The van der Waals surface area contributed by atoms with Crippen LogP contribution < -0.4 is 10.6 Å². The van der Waals surface area contributed by atoms with E-state index in [9.17, 15) is 14.0 Å². The van der Waals surface area contributed by atoms with Crippen LogP contribution in [0.1, 0.15) is 12.0 Å². The monoisotopic (exact) mass is 272 g/mol. The predicted molar refractivity (Wildman–Crippen MR) is 66.6 cm³/mol. The Morgan fingerprint density at radius 2 is 1.83 bits per heavy atom. The summed E-state index contributed by atoms with van der Waals surface area (Å²) in [5.41, 5.74) is 0.333. The molecule has 1 rings (SSSR count). The molecule has 0 aromatic heterocycles. The molecule has 0 unspecified atom stereocenters. The van der Waals surface area contributed by atoms with Gasteiger partial charge in [0.2, 0.25) is 0 Å². The van der Waals surface area contributed by atoms with E-state index in [1.807, 2.05) is 0 Å². The zero-order valence-electron chi connectivity index (χ0n) is 9.71. The van der Waals surface area contributed by atoms with Crippen LogP contribution in [-0.2, 0) is 16.1 Å². The van der Waals surface area contributed by atoms with Crippen LogP contribution in [-0.4, -0.2) is 24.2 Å². The van der Waals surface area contributed by atoms with Crippen molar-refractivity contribution in [2.75, 3.05) is 12.4 Å². The summed E-state index contributed by atoms with van der Waals surface area (Å²) in [6, 6.07) is 6.05. The molecule has 0 saturated carbocycles. The van der Waals surface area contributed by atoms with Gasteiger partial charge in [-0.2, -0.15) is 0 Å². The number of hydrogen-bond acceptors (Lipinski definition) is 2. The van der Waals surface area contributed by atoms with E-state index < -0.39 is 17.6 Å². The van der Waals surface area contributed by atoms with Crippen molar-refractivity contribution >= 4 is 23.4 Å². The first-order valence-electron chi connectivity index (χ1n) is 5.50. The molecular weight excluding hydrogens is 259 g/mol. The number of carbonyl (C=O) groups is 2. The third kappa shape index (κ3) is 4.71. The number of carbonyl (C=O) groups excluding carboxylic acids is 2. The standard InChI is InChI=1S/C12H14ClFN2O2/c13-6-3-7-15-11(17)12(18)16-8-9-4-1-2-5-10(9)14/h1-2,4-5H,3,6-8H2,(H,15,17)(H,16,18). The lowest BCUT2D eigenvalue weighted by Crippen LogP contribution is -2.40. The number of hydrogen-bond donors (Lipinski definition) is 2. The maximum atomic E-state index is 13.2. The van der Waals surface area contributed by atoms with E-state index in [2.05, 4.69) is 10.6 Å². The Balaban J connectivity index is 2.37. The molecule has 6 heteroatoms. The molecule has 2 amide bonds. The van der Waals surface area contributed by atoms with Crippen molar-refractivity contribution in [2.45, 2.75) is 13.0 Å². The number of benzene rings is 1. The highest BCUT2D eigenvalue weighted by Crippen LogP contribution is 2.05. The number of alkyl halides is 1. The van der Waals surface area contributed by atoms with E-state index >= 15 is 0 Å². The molecule has 2 N–H and O–H groups in total. The van der Waals surface area contributed by atoms with Crippen LogP contribution in [0.15, 0.2) is 24.3 Å². The van der Waals surface area contributed by atoms with Gasteiger partial charge >= 0.3 is 11.8 Å². The lowest BCUT2D eigenvalue weighted by atomic mass is 10.2. The topological polar surface area (TPSA) is 58.2 Å². The minimum atomic E-state index is -0.784. The molecule has 1 aromatic rings. The minimum absolute atomic E-state index is 0.0194. The van der Waals surface area contributed by atoms with E-state index in [4.69, 9.17) is 11.6 Å². The Morgan fingerprint density at radius 3 is 2.50 bits per heavy atom. The average molecular weight is 273 g/mol. The largest absolute Gasteiger partial charge is 0.348 e. The van der Waals surface area contributed by atoms with Gasteiger partial charge in [0.25, 0.3) is 0 Å². The second-order valence-electron chi connectivity index (χ2n) is 3.57. The smallest absolute Gasteiger partial charge is 0.309 e. The van der Waals surface area contributed by atoms with Gasteiger partial charge in [0.1, 0.15) is 5.82 Å². The van der Waals surface area contributed by atoms with Crippen LogP contribution in [0.25, 0.3) is 0 Å². The summed E-state index contributed by atoms with van der Waals surface area (Å²) in [5, 5.41) is 4.75. The summed E-state index contributed by atoms with van der Waals surface area (Å²) in [5.74, 6) is -1.53. The van der Waals surface area contributed by atoms with Crippen LogP contribution >= 0.6 is 11.6 Å². The zero-order valence-corrected chi connectivity index (χ0v) is 10.5. The fourth-order valence-electron chi connectivity index (χ4n) is 1.25. The van der Waals surface area contributed by atoms with Crippen molar-refractivity contribution in [3.05, 3.63) is 35.6 Å². The van der Waals surface area contributed by atoms with Crippen molar-refractivity contribution < 1.29 is 14.0 Å². The van der Waals surface area contributed by atoms with Gasteiger partial charge in [0.15, 0.2) is 0 Å². The lowest BCUT2D eigenvalue weighted by Gasteiger charge is -2.06.